The molecule has 0 unspecified atom stereocenters. The molecule has 1 spiro atoms. The van der Waals surface area contributed by atoms with Crippen LogP contribution in [0.5, 0.6) is 0 Å². The highest BCUT2D eigenvalue weighted by Gasteiger charge is 2.77. The van der Waals surface area contributed by atoms with Gasteiger partial charge in [0.15, 0.2) is 11.2 Å². The van der Waals surface area contributed by atoms with Crippen molar-refractivity contribution in [2.45, 2.75) is 45.0 Å². The quantitative estimate of drug-likeness (QED) is 0.447. The average Bonchev–Trinajstić information content (AvgIpc) is 2.94. The molecule has 0 radical (unpaired) electrons. The van der Waals surface area contributed by atoms with Gasteiger partial charge in [0.05, 0.1) is 6.61 Å². The number of rotatable bonds is 0. The van der Waals surface area contributed by atoms with Crippen LogP contribution in [0, 0.1) is 5.41 Å². The molecule has 2 heterocycles. The van der Waals surface area contributed by atoms with Crippen molar-refractivity contribution >= 4 is 5.78 Å². The van der Waals surface area contributed by atoms with Crippen molar-refractivity contribution < 1.29 is 14.3 Å². The van der Waals surface area contributed by atoms with Crippen molar-refractivity contribution in [1.29, 1.82) is 0 Å². The fourth-order valence-electron chi connectivity index (χ4n) is 2.72. The molecule has 2 fully saturated rings. The van der Waals surface area contributed by atoms with Crippen molar-refractivity contribution in [2.24, 2.45) is 5.41 Å². The molecule has 0 saturated carbocycles. The second-order valence-electron chi connectivity index (χ2n) is 5.82. The predicted molar refractivity (Wildman–Crippen MR) is 54.5 cm³/mol. The van der Waals surface area contributed by atoms with Crippen molar-refractivity contribution in [3.05, 3.63) is 11.6 Å². The van der Waals surface area contributed by atoms with E-state index in [9.17, 15) is 4.79 Å². The number of carbonyl (C=O) groups excluding carboxylic acids is 1. The number of hydrogen-bond donors (Lipinski definition) is 0. The summed E-state index contributed by atoms with van der Waals surface area (Å²) in [7, 11) is 0. The van der Waals surface area contributed by atoms with Gasteiger partial charge in [0, 0.05) is 5.41 Å². The Hall–Kier alpha value is -0.670. The Kier molecular flexibility index (Phi) is 1.40. The highest BCUT2D eigenvalue weighted by molar-refractivity contribution is 6.04. The van der Waals surface area contributed by atoms with Gasteiger partial charge < -0.3 is 9.47 Å². The summed E-state index contributed by atoms with van der Waals surface area (Å²) in [5, 5.41) is 0. The molecule has 3 heteroatoms. The summed E-state index contributed by atoms with van der Waals surface area (Å²) in [6.07, 6.45) is 2.03. The molecule has 0 N–H and O–H groups in total. The Morgan fingerprint density at radius 1 is 1.47 bits per heavy atom. The fourth-order valence-corrected chi connectivity index (χ4v) is 2.72. The molecule has 0 aromatic rings. The van der Waals surface area contributed by atoms with Gasteiger partial charge in [-0.3, -0.25) is 4.79 Å². The Bertz CT molecular complexity index is 384. The number of ketones is 1. The number of Topliss-reactive ketones (excluding diaryl/α,β-unsaturated/α-hetero) is 1. The molecule has 15 heavy (non-hydrogen) atoms. The van der Waals surface area contributed by atoms with E-state index in [1.807, 2.05) is 6.92 Å². The molecule has 0 aromatic heterocycles. The summed E-state index contributed by atoms with van der Waals surface area (Å²) >= 11 is 0. The molecule has 0 aromatic carbocycles. The highest BCUT2D eigenvalue weighted by Crippen LogP contribution is 2.60. The zero-order valence-electron chi connectivity index (χ0n) is 9.59. The van der Waals surface area contributed by atoms with E-state index in [-0.39, 0.29) is 17.3 Å². The van der Waals surface area contributed by atoms with Crippen LogP contribution in [-0.2, 0) is 14.3 Å². The lowest BCUT2D eigenvalue weighted by Gasteiger charge is -2.31. The summed E-state index contributed by atoms with van der Waals surface area (Å²) in [6.45, 7) is 8.64. The first kappa shape index (κ1) is 9.55. The minimum atomic E-state index is -0.625. The van der Waals surface area contributed by atoms with Crippen LogP contribution in [0.2, 0.25) is 0 Å². The lowest BCUT2D eigenvalue weighted by Crippen LogP contribution is -2.50. The third-order valence-corrected chi connectivity index (χ3v) is 3.95. The maximum atomic E-state index is 12.4. The van der Waals surface area contributed by atoms with Gasteiger partial charge >= 0.3 is 0 Å². The molecule has 3 atom stereocenters. The Morgan fingerprint density at radius 3 is 2.53 bits per heavy atom. The number of carbonyl (C=O) groups is 1. The maximum absolute atomic E-state index is 12.4. The first-order valence-electron chi connectivity index (χ1n) is 5.40. The van der Waals surface area contributed by atoms with Crippen LogP contribution in [0.3, 0.4) is 0 Å². The SMILES string of the molecule is CC1=C[C@@H]2O[C@]2(C(C)(C)C)C(=O)[C@]12CO2. The number of ether oxygens (including phenoxy) is 2. The van der Waals surface area contributed by atoms with E-state index in [1.165, 1.54) is 0 Å². The second-order valence-corrected chi connectivity index (χ2v) is 5.82. The van der Waals surface area contributed by atoms with Gasteiger partial charge in [-0.05, 0) is 12.5 Å². The third-order valence-electron chi connectivity index (χ3n) is 3.95. The van der Waals surface area contributed by atoms with Gasteiger partial charge in [-0.1, -0.05) is 26.8 Å². The lowest BCUT2D eigenvalue weighted by molar-refractivity contribution is -0.132. The molecule has 3 rings (SSSR count). The van der Waals surface area contributed by atoms with Gasteiger partial charge in [0.1, 0.15) is 6.10 Å². The topological polar surface area (TPSA) is 42.1 Å². The van der Waals surface area contributed by atoms with Crippen molar-refractivity contribution in [2.75, 3.05) is 6.61 Å². The van der Waals surface area contributed by atoms with Crippen molar-refractivity contribution in [3.63, 3.8) is 0 Å². The predicted octanol–water partition coefficient (Wildman–Crippen LogP) is 1.47. The zero-order chi connectivity index (χ0) is 11.1. The van der Waals surface area contributed by atoms with Crippen LogP contribution in [-0.4, -0.2) is 29.7 Å². The summed E-state index contributed by atoms with van der Waals surface area (Å²) in [6, 6.07) is 0. The van der Waals surface area contributed by atoms with E-state index in [4.69, 9.17) is 9.47 Å². The summed E-state index contributed by atoms with van der Waals surface area (Å²) in [5.41, 5.74) is -0.386. The highest BCUT2D eigenvalue weighted by atomic mass is 16.6. The minimum Gasteiger partial charge on any atom is -0.356 e. The van der Waals surface area contributed by atoms with Crippen LogP contribution in [0.4, 0.5) is 0 Å². The minimum absolute atomic E-state index is 0.0279. The molecule has 3 aliphatic rings. The molecule has 3 nitrogen and oxygen atoms in total. The van der Waals surface area contributed by atoms with E-state index in [0.29, 0.717) is 6.61 Å². The number of hydrogen-bond acceptors (Lipinski definition) is 3. The molecule has 0 bridgehead atoms. The Morgan fingerprint density at radius 2 is 2.07 bits per heavy atom. The monoisotopic (exact) mass is 208 g/mol. The number of fused-ring (bicyclic) bond motifs is 1. The average molecular weight is 208 g/mol. The Balaban J connectivity index is 2.09. The first-order valence-corrected chi connectivity index (χ1v) is 5.40. The normalized spacial score (nSPS) is 47.6. The van der Waals surface area contributed by atoms with Crippen LogP contribution in [0.1, 0.15) is 27.7 Å². The van der Waals surface area contributed by atoms with E-state index in [0.717, 1.165) is 5.57 Å². The summed E-state index contributed by atoms with van der Waals surface area (Å²) < 4.78 is 11.1. The number of epoxide rings is 2. The molecule has 2 saturated heterocycles. The standard InChI is InChI=1S/C12H16O3/c1-7-5-8-12(15-8,10(2,3)4)9(13)11(7)6-14-11/h5,8H,6H2,1-4H3/t8-,11-,12-/m0/s1. The summed E-state index contributed by atoms with van der Waals surface area (Å²) in [4.78, 5) is 12.4. The molecular weight excluding hydrogens is 192 g/mol. The van der Waals surface area contributed by atoms with Crippen molar-refractivity contribution in [3.8, 4) is 0 Å². The van der Waals surface area contributed by atoms with E-state index in [1.54, 1.807) is 0 Å². The second kappa shape index (κ2) is 2.20. The largest absolute Gasteiger partial charge is 0.356 e. The Labute approximate surface area is 89.4 Å². The van der Waals surface area contributed by atoms with E-state index < -0.39 is 11.2 Å². The van der Waals surface area contributed by atoms with Gasteiger partial charge in [0.2, 0.25) is 5.78 Å². The molecule has 2 aliphatic heterocycles. The van der Waals surface area contributed by atoms with Gasteiger partial charge in [-0.15, -0.1) is 0 Å². The first-order chi connectivity index (χ1) is 6.84. The lowest BCUT2D eigenvalue weighted by atomic mass is 9.68. The van der Waals surface area contributed by atoms with Crippen molar-refractivity contribution in [1.82, 2.24) is 0 Å². The molecular formula is C12H16O3. The smallest absolute Gasteiger partial charge is 0.206 e. The van der Waals surface area contributed by atoms with E-state index in [2.05, 4.69) is 26.8 Å². The zero-order valence-corrected chi connectivity index (χ0v) is 9.59. The van der Waals surface area contributed by atoms with Gasteiger partial charge in [0.25, 0.3) is 0 Å². The van der Waals surface area contributed by atoms with Crippen LogP contribution in [0.15, 0.2) is 11.6 Å². The van der Waals surface area contributed by atoms with Crippen LogP contribution < -0.4 is 0 Å². The molecule has 82 valence electrons. The van der Waals surface area contributed by atoms with Gasteiger partial charge in [-0.25, -0.2) is 0 Å². The van der Waals surface area contributed by atoms with Crippen LogP contribution in [0.25, 0.3) is 0 Å². The third kappa shape index (κ3) is 0.871. The molecule has 1 aliphatic carbocycles. The fraction of sp³-hybridized carbons (Fsp3) is 0.750. The van der Waals surface area contributed by atoms with Gasteiger partial charge in [-0.2, -0.15) is 0 Å². The van der Waals surface area contributed by atoms with E-state index >= 15 is 0 Å². The summed E-state index contributed by atoms with van der Waals surface area (Å²) in [5.74, 6) is 0.132. The molecule has 0 amide bonds. The maximum Gasteiger partial charge on any atom is 0.206 e. The van der Waals surface area contributed by atoms with Crippen LogP contribution >= 0.6 is 0 Å².